The number of rotatable bonds is 8. The van der Waals surface area contributed by atoms with Crippen molar-refractivity contribution in [1.82, 2.24) is 0 Å². The van der Waals surface area contributed by atoms with Crippen LogP contribution in [0.2, 0.25) is 0 Å². The monoisotopic (exact) mass is 311 g/mol. The Morgan fingerprint density at radius 3 is 1.95 bits per heavy atom. The van der Waals surface area contributed by atoms with Gasteiger partial charge in [-0.1, -0.05) is 0 Å². The van der Waals surface area contributed by atoms with E-state index in [9.17, 15) is 29.7 Å². The first-order chi connectivity index (χ1) is 9.48. The van der Waals surface area contributed by atoms with Crippen molar-refractivity contribution in [3.8, 4) is 0 Å². The minimum Gasteiger partial charge on any atom is -0.477 e. The molecule has 0 bridgehead atoms. The molecule has 0 fully saturated rings. The fourth-order valence-corrected chi connectivity index (χ4v) is 1.32. The highest BCUT2D eigenvalue weighted by Crippen LogP contribution is 2.14. The lowest BCUT2D eigenvalue weighted by Crippen LogP contribution is -2.64. The summed E-state index contributed by atoms with van der Waals surface area (Å²) in [4.78, 5) is 33.4. The molecule has 0 aliphatic carbocycles. The molecule has 0 saturated carbocycles. The van der Waals surface area contributed by atoms with Crippen molar-refractivity contribution in [1.29, 1.82) is 0 Å². The lowest BCUT2D eigenvalue weighted by molar-refractivity contribution is -0.188. The quantitative estimate of drug-likeness (QED) is 0.129. The molecule has 11 heteroatoms. The number of carboxylic acids is 1. The first-order valence-corrected chi connectivity index (χ1v) is 5.58. The summed E-state index contributed by atoms with van der Waals surface area (Å²) < 4.78 is 4.12. The van der Waals surface area contributed by atoms with E-state index in [1.807, 2.05) is 0 Å². The van der Waals surface area contributed by atoms with Crippen LogP contribution in [0.1, 0.15) is 6.92 Å². The molecule has 0 aromatic heterocycles. The van der Waals surface area contributed by atoms with Crippen molar-refractivity contribution in [2.24, 2.45) is 5.73 Å². The summed E-state index contributed by atoms with van der Waals surface area (Å²) in [5.74, 6) is -5.20. The molecular weight excluding hydrogens is 294 g/mol. The minimum absolute atomic E-state index is 0.755. The van der Waals surface area contributed by atoms with Gasteiger partial charge in [-0.3, -0.25) is 15.3 Å². The maximum absolute atomic E-state index is 11.8. The summed E-state index contributed by atoms with van der Waals surface area (Å²) in [6, 6.07) is 0. The second-order valence-electron chi connectivity index (χ2n) is 4.17. The molecular formula is C10H17NO10. The van der Waals surface area contributed by atoms with E-state index in [0.717, 1.165) is 6.92 Å². The minimum atomic E-state index is -3.28. The average molecular weight is 311 g/mol. The number of carbonyl (C=O) groups excluding carboxylic acids is 2. The maximum atomic E-state index is 11.8. The van der Waals surface area contributed by atoms with Crippen LogP contribution in [0.3, 0.4) is 0 Å². The largest absolute Gasteiger partial charge is 0.477 e. The number of nitrogens with two attached hydrogens (primary N) is 1. The topological polar surface area (TPSA) is 208 Å². The van der Waals surface area contributed by atoms with Crippen LogP contribution in [0.25, 0.3) is 0 Å². The average Bonchev–Trinajstić information content (AvgIpc) is 2.41. The Bertz CT molecular complexity index is 413. The van der Waals surface area contributed by atoms with Gasteiger partial charge in [0.15, 0.2) is 0 Å². The van der Waals surface area contributed by atoms with Crippen molar-refractivity contribution in [2.75, 3.05) is 6.61 Å². The number of esters is 1. The molecule has 0 aliphatic rings. The molecule has 5 atom stereocenters. The van der Waals surface area contributed by atoms with Gasteiger partial charge < -0.3 is 35.4 Å². The molecule has 8 N–H and O–H groups in total. The number of carboxylic acid groups (broad SMARTS) is 1. The van der Waals surface area contributed by atoms with Gasteiger partial charge in [0.05, 0.1) is 6.61 Å². The summed E-state index contributed by atoms with van der Waals surface area (Å²) in [6.07, 6.45) is -9.06. The summed E-state index contributed by atoms with van der Waals surface area (Å²) in [7, 11) is 0. The van der Waals surface area contributed by atoms with Crippen LogP contribution < -0.4 is 5.73 Å². The van der Waals surface area contributed by atoms with Crippen LogP contribution in [0.4, 0.5) is 0 Å². The molecule has 0 aliphatic heterocycles. The number of Topliss-reactive ketones (excluding diaryl/α,β-unsaturated/α-hetero) is 1. The fraction of sp³-hybridized carbons (Fsp3) is 0.700. The Balaban J connectivity index is 5.27. The Morgan fingerprint density at radius 2 is 1.62 bits per heavy atom. The van der Waals surface area contributed by atoms with Crippen molar-refractivity contribution in [2.45, 2.75) is 37.1 Å². The highest BCUT2D eigenvalue weighted by atomic mass is 16.6. The molecule has 0 saturated heterocycles. The zero-order chi connectivity index (χ0) is 17.0. The van der Waals surface area contributed by atoms with E-state index in [0.29, 0.717) is 0 Å². The predicted octanol–water partition coefficient (Wildman–Crippen LogP) is -4.71. The third kappa shape index (κ3) is 4.42. The molecule has 11 nitrogen and oxygen atoms in total. The van der Waals surface area contributed by atoms with Crippen LogP contribution in [0.5, 0.6) is 0 Å². The van der Waals surface area contributed by atoms with Gasteiger partial charge in [0, 0.05) is 6.92 Å². The van der Waals surface area contributed by atoms with Gasteiger partial charge in [-0.2, -0.15) is 0 Å². The number of hydrogen-bond donors (Lipinski definition) is 7. The third-order valence-electron chi connectivity index (χ3n) is 2.51. The number of aliphatic hydroxyl groups is 5. The zero-order valence-electron chi connectivity index (χ0n) is 10.9. The zero-order valence-corrected chi connectivity index (χ0v) is 10.9. The number of hydrogen-bond acceptors (Lipinski definition) is 10. The number of carbonyl (C=O) groups is 3. The molecule has 0 rings (SSSR count). The Morgan fingerprint density at radius 1 is 1.14 bits per heavy atom. The maximum Gasteiger partial charge on any atom is 0.372 e. The van der Waals surface area contributed by atoms with E-state index in [1.165, 1.54) is 0 Å². The van der Waals surface area contributed by atoms with Crippen LogP contribution in [0, 0.1) is 0 Å². The number of aliphatic carboxylic acids is 1. The SMILES string of the molecule is CC(=O)OC(N)(C(=O)O)C(=O)[C@H](O)[C@@H](O)[C@H](O)[C@H](O)CO. The lowest BCUT2D eigenvalue weighted by Gasteiger charge is -2.29. The first-order valence-electron chi connectivity index (χ1n) is 5.58. The van der Waals surface area contributed by atoms with Crippen molar-refractivity contribution < 1.29 is 49.8 Å². The van der Waals surface area contributed by atoms with Gasteiger partial charge in [-0.15, -0.1) is 0 Å². The van der Waals surface area contributed by atoms with Gasteiger partial charge in [-0.05, 0) is 0 Å². The Kier molecular flexibility index (Phi) is 6.82. The molecule has 0 heterocycles. The first kappa shape index (κ1) is 19.4. The predicted molar refractivity (Wildman–Crippen MR) is 62.4 cm³/mol. The lowest BCUT2D eigenvalue weighted by atomic mass is 9.95. The molecule has 0 aromatic rings. The molecule has 0 radical (unpaired) electrons. The van der Waals surface area contributed by atoms with E-state index in [2.05, 4.69) is 4.74 Å². The second-order valence-corrected chi connectivity index (χ2v) is 4.17. The fourth-order valence-electron chi connectivity index (χ4n) is 1.32. The van der Waals surface area contributed by atoms with E-state index in [4.69, 9.17) is 21.1 Å². The summed E-state index contributed by atoms with van der Waals surface area (Å²) in [5.41, 5.74) is 1.79. The van der Waals surface area contributed by atoms with Gasteiger partial charge in [0.2, 0.25) is 5.78 Å². The standard InChI is InChI=1S/C10H17NO10/c1-3(13)21-10(11,9(19)20)8(18)7(17)6(16)5(15)4(14)2-12/h4-7,12,14-17H,2,11H2,1H3,(H,19,20)/t4-,5-,6+,7-,10?/m1/s1. The van der Waals surface area contributed by atoms with E-state index in [1.54, 1.807) is 0 Å². The van der Waals surface area contributed by atoms with Crippen LogP contribution in [0.15, 0.2) is 0 Å². The van der Waals surface area contributed by atoms with E-state index < -0.39 is 54.5 Å². The normalized spacial score (nSPS) is 19.8. The molecule has 1 unspecified atom stereocenters. The summed E-state index contributed by atoms with van der Waals surface area (Å²) >= 11 is 0. The molecule has 122 valence electrons. The smallest absolute Gasteiger partial charge is 0.372 e. The summed E-state index contributed by atoms with van der Waals surface area (Å²) in [5, 5.41) is 54.7. The summed E-state index contributed by atoms with van der Waals surface area (Å²) in [6.45, 7) is -0.249. The van der Waals surface area contributed by atoms with E-state index in [-0.39, 0.29) is 0 Å². The van der Waals surface area contributed by atoms with Crippen LogP contribution in [-0.4, -0.2) is 85.1 Å². The van der Waals surface area contributed by atoms with Crippen LogP contribution in [-0.2, 0) is 19.1 Å². The van der Waals surface area contributed by atoms with Gasteiger partial charge in [0.1, 0.15) is 24.4 Å². The third-order valence-corrected chi connectivity index (χ3v) is 2.51. The number of ketones is 1. The van der Waals surface area contributed by atoms with Gasteiger partial charge in [-0.25, -0.2) is 4.79 Å². The Labute approximate surface area is 118 Å². The van der Waals surface area contributed by atoms with Crippen LogP contribution >= 0.6 is 0 Å². The molecule has 0 spiro atoms. The van der Waals surface area contributed by atoms with Crippen molar-refractivity contribution in [3.63, 3.8) is 0 Å². The van der Waals surface area contributed by atoms with Gasteiger partial charge in [0.25, 0.3) is 0 Å². The number of aliphatic hydroxyl groups excluding tert-OH is 5. The highest BCUT2D eigenvalue weighted by molar-refractivity contribution is 6.09. The molecule has 0 aromatic carbocycles. The number of ether oxygens (including phenoxy) is 1. The highest BCUT2D eigenvalue weighted by Gasteiger charge is 2.51. The van der Waals surface area contributed by atoms with Crippen molar-refractivity contribution in [3.05, 3.63) is 0 Å². The molecule has 0 amide bonds. The molecule has 21 heavy (non-hydrogen) atoms. The second kappa shape index (κ2) is 7.40. The van der Waals surface area contributed by atoms with E-state index >= 15 is 0 Å². The Hall–Kier alpha value is -1.63. The van der Waals surface area contributed by atoms with Crippen molar-refractivity contribution >= 4 is 17.7 Å². The van der Waals surface area contributed by atoms with Gasteiger partial charge >= 0.3 is 17.7 Å².